The average molecular weight is 441 g/mol. The number of alkyl halides is 3. The summed E-state index contributed by atoms with van der Waals surface area (Å²) >= 11 is 0. The molecular weight excluding hydrogens is 426 g/mol. The highest BCUT2D eigenvalue weighted by molar-refractivity contribution is 6.38. The Kier molecular flexibility index (Phi) is 5.08. The van der Waals surface area contributed by atoms with Crippen molar-refractivity contribution in [1.29, 1.82) is 0 Å². The predicted octanol–water partition coefficient (Wildman–Crippen LogP) is 6.07. The molecule has 0 spiro atoms. The maximum atomic E-state index is 14.8. The van der Waals surface area contributed by atoms with Crippen LogP contribution < -0.4 is 4.90 Å². The Morgan fingerprint density at radius 1 is 1.00 bits per heavy atom. The molecular formula is C24H15F4NO3. The minimum Gasteiger partial charge on any atom is -0.478 e. The van der Waals surface area contributed by atoms with Crippen molar-refractivity contribution in [2.24, 2.45) is 0 Å². The van der Waals surface area contributed by atoms with Gasteiger partial charge in [-0.1, -0.05) is 18.2 Å². The zero-order valence-electron chi connectivity index (χ0n) is 16.6. The van der Waals surface area contributed by atoms with Crippen LogP contribution in [0, 0.1) is 12.7 Å². The first-order chi connectivity index (χ1) is 15.1. The molecule has 1 aliphatic heterocycles. The first-order valence-corrected chi connectivity index (χ1v) is 9.45. The first kappa shape index (κ1) is 21.3. The van der Waals surface area contributed by atoms with Crippen LogP contribution in [0.1, 0.15) is 32.6 Å². The smallest absolute Gasteiger partial charge is 0.416 e. The monoisotopic (exact) mass is 441 g/mol. The molecule has 1 N–H and O–H groups in total. The van der Waals surface area contributed by atoms with E-state index in [0.717, 1.165) is 23.1 Å². The summed E-state index contributed by atoms with van der Waals surface area (Å²) in [6, 6.07) is 13.0. The molecule has 1 heterocycles. The number of halogens is 4. The fourth-order valence-corrected chi connectivity index (χ4v) is 3.71. The Morgan fingerprint density at radius 3 is 2.28 bits per heavy atom. The standard InChI is InChI=1S/C24H15F4NO3/c1-13-4-2-5-18(24(26,27)28)16(13)12-17-21-19(25)6-3-7-20(21)29(22(17)30)15-10-8-14(9-11-15)23(31)32/h2-12H,1H3,(H,31,32)/b17-12+. The molecule has 0 bridgehead atoms. The lowest BCUT2D eigenvalue weighted by atomic mass is 9.96. The number of rotatable bonds is 3. The van der Waals surface area contributed by atoms with E-state index in [1.165, 1.54) is 55.5 Å². The number of carbonyl (C=O) groups is 2. The number of anilines is 2. The topological polar surface area (TPSA) is 57.6 Å². The van der Waals surface area contributed by atoms with Gasteiger partial charge in [0, 0.05) is 11.3 Å². The summed E-state index contributed by atoms with van der Waals surface area (Å²) in [6.45, 7) is 1.48. The Hall–Kier alpha value is -3.94. The van der Waals surface area contributed by atoms with Gasteiger partial charge in [-0.25, -0.2) is 9.18 Å². The number of amides is 1. The Morgan fingerprint density at radius 2 is 1.66 bits per heavy atom. The van der Waals surface area contributed by atoms with E-state index in [-0.39, 0.29) is 39.2 Å². The molecule has 0 fully saturated rings. The molecule has 0 radical (unpaired) electrons. The molecule has 0 saturated heterocycles. The zero-order chi connectivity index (χ0) is 23.2. The third-order valence-corrected chi connectivity index (χ3v) is 5.23. The van der Waals surface area contributed by atoms with E-state index in [1.54, 1.807) is 0 Å². The maximum absolute atomic E-state index is 14.8. The highest BCUT2D eigenvalue weighted by Gasteiger charge is 2.38. The van der Waals surface area contributed by atoms with Gasteiger partial charge in [-0.05, 0) is 66.6 Å². The highest BCUT2D eigenvalue weighted by atomic mass is 19.4. The fourth-order valence-electron chi connectivity index (χ4n) is 3.71. The van der Waals surface area contributed by atoms with Crippen LogP contribution in [-0.2, 0) is 11.0 Å². The van der Waals surface area contributed by atoms with E-state index < -0.39 is 29.4 Å². The third-order valence-electron chi connectivity index (χ3n) is 5.23. The van der Waals surface area contributed by atoms with E-state index in [1.807, 2.05) is 0 Å². The van der Waals surface area contributed by atoms with Gasteiger partial charge < -0.3 is 5.11 Å². The lowest BCUT2D eigenvalue weighted by Gasteiger charge is -2.17. The number of carbonyl (C=O) groups excluding carboxylic acids is 1. The van der Waals surface area contributed by atoms with Gasteiger partial charge in [-0.3, -0.25) is 9.69 Å². The Balaban J connectivity index is 1.92. The summed E-state index contributed by atoms with van der Waals surface area (Å²) in [5.41, 5.74) is -0.799. The number of hydrogen-bond donors (Lipinski definition) is 1. The van der Waals surface area contributed by atoms with Crippen molar-refractivity contribution in [3.8, 4) is 0 Å². The molecule has 1 aliphatic rings. The van der Waals surface area contributed by atoms with Crippen molar-refractivity contribution in [1.82, 2.24) is 0 Å². The van der Waals surface area contributed by atoms with Crippen molar-refractivity contribution in [3.63, 3.8) is 0 Å². The van der Waals surface area contributed by atoms with E-state index in [4.69, 9.17) is 5.11 Å². The summed E-state index contributed by atoms with van der Waals surface area (Å²) in [4.78, 5) is 25.6. The number of aromatic carboxylic acids is 1. The molecule has 162 valence electrons. The van der Waals surface area contributed by atoms with Crippen LogP contribution in [0.25, 0.3) is 11.6 Å². The second-order valence-electron chi connectivity index (χ2n) is 7.22. The molecule has 4 rings (SSSR count). The summed E-state index contributed by atoms with van der Waals surface area (Å²) in [7, 11) is 0. The van der Waals surface area contributed by atoms with Crippen LogP contribution in [-0.4, -0.2) is 17.0 Å². The van der Waals surface area contributed by atoms with Gasteiger partial charge in [0.15, 0.2) is 0 Å². The van der Waals surface area contributed by atoms with Crippen molar-refractivity contribution >= 4 is 34.9 Å². The summed E-state index contributed by atoms with van der Waals surface area (Å²) in [5.74, 6) is -2.63. The van der Waals surface area contributed by atoms with E-state index >= 15 is 0 Å². The number of carboxylic acid groups (broad SMARTS) is 1. The second-order valence-corrected chi connectivity index (χ2v) is 7.22. The van der Waals surface area contributed by atoms with Crippen LogP contribution in [0.4, 0.5) is 28.9 Å². The minimum atomic E-state index is -4.66. The Labute approximate surface area is 180 Å². The average Bonchev–Trinajstić information content (AvgIpc) is 3.01. The summed E-state index contributed by atoms with van der Waals surface area (Å²) in [6.07, 6.45) is -3.60. The van der Waals surface area contributed by atoms with Crippen LogP contribution in [0.2, 0.25) is 0 Å². The van der Waals surface area contributed by atoms with E-state index in [0.29, 0.717) is 0 Å². The van der Waals surface area contributed by atoms with Gasteiger partial charge in [0.1, 0.15) is 5.82 Å². The minimum absolute atomic E-state index is 0.00893. The quantitative estimate of drug-likeness (QED) is 0.397. The van der Waals surface area contributed by atoms with Gasteiger partial charge in [-0.15, -0.1) is 0 Å². The fraction of sp³-hybridized carbons (Fsp3) is 0.0833. The van der Waals surface area contributed by atoms with Gasteiger partial charge in [0.05, 0.1) is 22.4 Å². The second kappa shape index (κ2) is 7.64. The number of fused-ring (bicyclic) bond motifs is 1. The lowest BCUT2D eigenvalue weighted by molar-refractivity contribution is -0.137. The first-order valence-electron chi connectivity index (χ1n) is 9.45. The largest absolute Gasteiger partial charge is 0.478 e. The molecule has 0 atom stereocenters. The van der Waals surface area contributed by atoms with Crippen molar-refractivity contribution in [2.45, 2.75) is 13.1 Å². The molecule has 3 aromatic rings. The summed E-state index contributed by atoms with van der Waals surface area (Å²) in [5, 5.41) is 9.08. The molecule has 32 heavy (non-hydrogen) atoms. The predicted molar refractivity (Wildman–Crippen MR) is 111 cm³/mol. The number of nitrogens with zero attached hydrogens (tertiary/aromatic N) is 1. The molecule has 0 saturated carbocycles. The Bertz CT molecular complexity index is 1280. The van der Waals surface area contributed by atoms with Crippen LogP contribution in [0.15, 0.2) is 60.7 Å². The summed E-state index contributed by atoms with van der Waals surface area (Å²) < 4.78 is 55.5. The van der Waals surface area contributed by atoms with Crippen LogP contribution >= 0.6 is 0 Å². The van der Waals surface area contributed by atoms with E-state index in [2.05, 4.69) is 0 Å². The number of hydrogen-bond acceptors (Lipinski definition) is 2. The molecule has 3 aromatic carbocycles. The van der Waals surface area contributed by atoms with E-state index in [9.17, 15) is 27.2 Å². The third kappa shape index (κ3) is 3.53. The lowest BCUT2D eigenvalue weighted by Crippen LogP contribution is -2.20. The van der Waals surface area contributed by atoms with Crippen molar-refractivity contribution in [2.75, 3.05) is 4.90 Å². The molecule has 8 heteroatoms. The van der Waals surface area contributed by atoms with Gasteiger partial charge in [0.2, 0.25) is 0 Å². The highest BCUT2D eigenvalue weighted by Crippen LogP contribution is 2.44. The van der Waals surface area contributed by atoms with Gasteiger partial charge >= 0.3 is 12.1 Å². The maximum Gasteiger partial charge on any atom is 0.416 e. The van der Waals surface area contributed by atoms with Gasteiger partial charge in [-0.2, -0.15) is 13.2 Å². The molecule has 0 unspecified atom stereocenters. The SMILES string of the molecule is Cc1cccc(C(F)(F)F)c1/C=C1/C(=O)N(c2ccc(C(=O)O)cc2)c2cccc(F)c21. The normalized spacial score (nSPS) is 14.7. The van der Waals surface area contributed by atoms with Crippen molar-refractivity contribution < 1.29 is 32.3 Å². The van der Waals surface area contributed by atoms with Crippen molar-refractivity contribution in [3.05, 3.63) is 94.3 Å². The number of aryl methyl sites for hydroxylation is 1. The zero-order valence-corrected chi connectivity index (χ0v) is 16.6. The molecule has 0 aromatic heterocycles. The number of benzene rings is 3. The number of carboxylic acids is 1. The molecule has 1 amide bonds. The molecule has 4 nitrogen and oxygen atoms in total. The van der Waals surface area contributed by atoms with Crippen LogP contribution in [0.5, 0.6) is 0 Å². The van der Waals surface area contributed by atoms with Crippen LogP contribution in [0.3, 0.4) is 0 Å². The molecule has 0 aliphatic carbocycles. The van der Waals surface area contributed by atoms with Gasteiger partial charge in [0.25, 0.3) is 5.91 Å².